The van der Waals surface area contributed by atoms with Crippen molar-refractivity contribution in [3.63, 3.8) is 0 Å². The van der Waals surface area contributed by atoms with Gasteiger partial charge in [-0.25, -0.2) is 4.79 Å². The highest BCUT2D eigenvalue weighted by atomic mass is 16.5. The number of carbonyl (C=O) groups is 3. The van der Waals surface area contributed by atoms with Crippen LogP contribution >= 0.6 is 0 Å². The number of carboxylic acids is 1. The van der Waals surface area contributed by atoms with Gasteiger partial charge in [0.25, 0.3) is 0 Å². The minimum Gasteiger partial charge on any atom is -0.481 e. The van der Waals surface area contributed by atoms with Crippen LogP contribution in [0.5, 0.6) is 0 Å². The van der Waals surface area contributed by atoms with Gasteiger partial charge < -0.3 is 20.5 Å². The summed E-state index contributed by atoms with van der Waals surface area (Å²) in [7, 11) is 0. The fourth-order valence-electron chi connectivity index (χ4n) is 5.31. The van der Waals surface area contributed by atoms with E-state index < -0.39 is 24.0 Å². The number of rotatable bonds is 9. The molecule has 7 heteroatoms. The Morgan fingerprint density at radius 2 is 1.69 bits per heavy atom. The van der Waals surface area contributed by atoms with Crippen LogP contribution in [0.2, 0.25) is 0 Å². The first-order chi connectivity index (χ1) is 17.0. The number of alkyl carbamates (subject to hydrolysis) is 1. The topological polar surface area (TPSA) is 105 Å². The molecule has 0 aromatic heterocycles. The van der Waals surface area contributed by atoms with Crippen LogP contribution in [-0.2, 0) is 14.3 Å². The lowest BCUT2D eigenvalue weighted by molar-refractivity contribution is -0.143. The second-order valence-corrected chi connectivity index (χ2v) is 9.57. The molecule has 1 fully saturated rings. The maximum Gasteiger partial charge on any atom is 0.407 e. The lowest BCUT2D eigenvalue weighted by Crippen LogP contribution is -2.51. The van der Waals surface area contributed by atoms with E-state index in [0.717, 1.165) is 47.9 Å². The maximum atomic E-state index is 13.0. The molecule has 0 aliphatic heterocycles. The molecule has 3 unspecified atom stereocenters. The minimum atomic E-state index is -0.816. The number of carboxylic acid groups (broad SMARTS) is 1. The van der Waals surface area contributed by atoms with Gasteiger partial charge in [0.05, 0.1) is 5.92 Å². The van der Waals surface area contributed by atoms with Gasteiger partial charge in [0.1, 0.15) is 12.6 Å². The Labute approximate surface area is 206 Å². The van der Waals surface area contributed by atoms with Gasteiger partial charge in [0.15, 0.2) is 0 Å². The Hall–Kier alpha value is -3.35. The number of unbranched alkanes of at least 4 members (excludes halogenated alkanes) is 1. The van der Waals surface area contributed by atoms with Crippen LogP contribution in [0.4, 0.5) is 4.79 Å². The normalized spacial score (nSPS) is 19.8. The highest BCUT2D eigenvalue weighted by Gasteiger charge is 2.31. The molecule has 2 aromatic carbocycles. The predicted molar refractivity (Wildman–Crippen MR) is 133 cm³/mol. The second-order valence-electron chi connectivity index (χ2n) is 9.57. The molecular weight excluding hydrogens is 444 g/mol. The van der Waals surface area contributed by atoms with Gasteiger partial charge in [-0.05, 0) is 47.9 Å². The van der Waals surface area contributed by atoms with Crippen LogP contribution in [0, 0.1) is 5.92 Å². The molecule has 0 saturated heterocycles. The number of aliphatic carboxylic acids is 1. The first-order valence-corrected chi connectivity index (χ1v) is 12.6. The first kappa shape index (κ1) is 24.8. The molecule has 3 N–H and O–H groups in total. The number of hydrogen-bond acceptors (Lipinski definition) is 4. The minimum absolute atomic E-state index is 0.0498. The van der Waals surface area contributed by atoms with E-state index in [2.05, 4.69) is 34.9 Å². The lowest BCUT2D eigenvalue weighted by atomic mass is 9.85. The SMILES string of the molecule is CCCCC(NC(=O)OCC1c2ccccc2-c2ccccc21)C(=O)NC1CCCC(C(=O)O)C1. The van der Waals surface area contributed by atoms with Gasteiger partial charge in [0, 0.05) is 12.0 Å². The smallest absolute Gasteiger partial charge is 0.407 e. The lowest BCUT2D eigenvalue weighted by Gasteiger charge is -2.29. The van der Waals surface area contributed by atoms with E-state index >= 15 is 0 Å². The van der Waals surface area contributed by atoms with Crippen molar-refractivity contribution < 1.29 is 24.2 Å². The zero-order chi connectivity index (χ0) is 24.8. The molecule has 0 bridgehead atoms. The van der Waals surface area contributed by atoms with Gasteiger partial charge in [-0.1, -0.05) is 74.7 Å². The Morgan fingerprint density at radius 3 is 2.31 bits per heavy atom. The van der Waals surface area contributed by atoms with E-state index in [0.29, 0.717) is 19.3 Å². The number of nitrogens with one attached hydrogen (secondary N) is 2. The van der Waals surface area contributed by atoms with Crippen molar-refractivity contribution in [1.29, 1.82) is 0 Å². The molecule has 35 heavy (non-hydrogen) atoms. The summed E-state index contributed by atoms with van der Waals surface area (Å²) in [4.78, 5) is 37.1. The van der Waals surface area contributed by atoms with Crippen molar-refractivity contribution in [2.24, 2.45) is 5.92 Å². The molecule has 2 amide bonds. The quantitative estimate of drug-likeness (QED) is 0.478. The molecule has 186 valence electrons. The Bertz CT molecular complexity index is 1020. The average Bonchev–Trinajstić information content (AvgIpc) is 3.19. The second kappa shape index (κ2) is 11.4. The first-order valence-electron chi connectivity index (χ1n) is 12.6. The highest BCUT2D eigenvalue weighted by Crippen LogP contribution is 2.44. The van der Waals surface area contributed by atoms with Gasteiger partial charge in [-0.2, -0.15) is 0 Å². The summed E-state index contributed by atoms with van der Waals surface area (Å²) in [5.41, 5.74) is 4.58. The zero-order valence-electron chi connectivity index (χ0n) is 20.2. The fourth-order valence-corrected chi connectivity index (χ4v) is 5.31. The third-order valence-electron chi connectivity index (χ3n) is 7.17. The largest absolute Gasteiger partial charge is 0.481 e. The van der Waals surface area contributed by atoms with Gasteiger partial charge in [-0.15, -0.1) is 0 Å². The average molecular weight is 479 g/mol. The van der Waals surface area contributed by atoms with Crippen molar-refractivity contribution >= 4 is 18.0 Å². The molecule has 0 radical (unpaired) electrons. The van der Waals surface area contributed by atoms with Crippen molar-refractivity contribution in [3.8, 4) is 11.1 Å². The molecule has 3 atom stereocenters. The number of benzene rings is 2. The van der Waals surface area contributed by atoms with E-state index in [1.54, 1.807) is 0 Å². The summed E-state index contributed by atoms with van der Waals surface area (Å²) >= 11 is 0. The third kappa shape index (κ3) is 5.84. The van der Waals surface area contributed by atoms with Crippen molar-refractivity contribution in [2.45, 2.75) is 69.9 Å². The summed E-state index contributed by atoms with van der Waals surface area (Å²) in [5.74, 6) is -1.57. The van der Waals surface area contributed by atoms with Crippen LogP contribution in [-0.4, -0.2) is 41.8 Å². The van der Waals surface area contributed by atoms with E-state index in [1.165, 1.54) is 0 Å². The summed E-state index contributed by atoms with van der Waals surface area (Å²) in [5, 5.41) is 15.0. The zero-order valence-corrected chi connectivity index (χ0v) is 20.2. The molecule has 2 aliphatic carbocycles. The highest BCUT2D eigenvalue weighted by molar-refractivity contribution is 5.86. The van der Waals surface area contributed by atoms with E-state index in [4.69, 9.17) is 4.74 Å². The van der Waals surface area contributed by atoms with Crippen LogP contribution in [0.3, 0.4) is 0 Å². The van der Waals surface area contributed by atoms with Crippen molar-refractivity contribution in [1.82, 2.24) is 10.6 Å². The van der Waals surface area contributed by atoms with Crippen LogP contribution in [0.15, 0.2) is 48.5 Å². The third-order valence-corrected chi connectivity index (χ3v) is 7.17. The molecule has 2 aliphatic rings. The summed E-state index contributed by atoms with van der Waals surface area (Å²) < 4.78 is 5.63. The summed E-state index contributed by atoms with van der Waals surface area (Å²) in [6, 6.07) is 15.4. The molecule has 1 saturated carbocycles. The number of ether oxygens (including phenoxy) is 1. The fraction of sp³-hybridized carbons (Fsp3) is 0.464. The predicted octanol–water partition coefficient (Wildman–Crippen LogP) is 4.84. The van der Waals surface area contributed by atoms with E-state index in [1.807, 2.05) is 31.2 Å². The molecule has 2 aromatic rings. The Morgan fingerprint density at radius 1 is 1.03 bits per heavy atom. The summed E-state index contributed by atoms with van der Waals surface area (Å²) in [6.45, 7) is 2.21. The molecule has 0 spiro atoms. The number of amides is 2. The van der Waals surface area contributed by atoms with Crippen LogP contribution < -0.4 is 10.6 Å². The van der Waals surface area contributed by atoms with Gasteiger partial charge in [-0.3, -0.25) is 9.59 Å². The van der Waals surface area contributed by atoms with Crippen molar-refractivity contribution in [3.05, 3.63) is 59.7 Å². The van der Waals surface area contributed by atoms with Crippen LogP contribution in [0.1, 0.15) is 68.9 Å². The van der Waals surface area contributed by atoms with E-state index in [9.17, 15) is 19.5 Å². The number of hydrogen-bond donors (Lipinski definition) is 3. The Balaban J connectivity index is 1.36. The molecule has 7 nitrogen and oxygen atoms in total. The Kier molecular flexibility index (Phi) is 8.06. The maximum absolute atomic E-state index is 13.0. The van der Waals surface area contributed by atoms with Crippen molar-refractivity contribution in [2.75, 3.05) is 6.61 Å². The summed E-state index contributed by atoms with van der Waals surface area (Å²) in [6.07, 6.45) is 4.13. The standard InChI is InChI=1S/C28H34N2O5/c1-2-3-15-25(26(31)29-19-10-8-9-18(16-19)27(32)33)30-28(34)35-17-24-22-13-6-4-11-20(22)21-12-5-7-14-23(21)24/h4-7,11-14,18-19,24-25H,2-3,8-10,15-17H2,1H3,(H,29,31)(H,30,34)(H,32,33). The number of fused-ring (bicyclic) bond motifs is 3. The van der Waals surface area contributed by atoms with E-state index in [-0.39, 0.29) is 24.5 Å². The molecule has 0 heterocycles. The molecule has 4 rings (SSSR count). The molecular formula is C28H34N2O5. The monoisotopic (exact) mass is 478 g/mol. The van der Waals surface area contributed by atoms with Gasteiger partial charge >= 0.3 is 12.1 Å². The van der Waals surface area contributed by atoms with Gasteiger partial charge in [0.2, 0.25) is 5.91 Å². The van der Waals surface area contributed by atoms with Crippen LogP contribution in [0.25, 0.3) is 11.1 Å². The number of carbonyl (C=O) groups excluding carboxylic acids is 2.